The molecule has 0 spiro atoms. The number of halogens is 1. The van der Waals surface area contributed by atoms with Crippen molar-refractivity contribution in [3.63, 3.8) is 0 Å². The highest BCUT2D eigenvalue weighted by molar-refractivity contribution is 6.29. The van der Waals surface area contributed by atoms with E-state index in [9.17, 15) is 19.5 Å². The van der Waals surface area contributed by atoms with Crippen LogP contribution in [0.1, 0.15) is 54.8 Å². The zero-order valence-electron chi connectivity index (χ0n) is 22.4. The molecule has 3 atom stereocenters. The van der Waals surface area contributed by atoms with E-state index in [4.69, 9.17) is 21.3 Å². The van der Waals surface area contributed by atoms with Crippen molar-refractivity contribution in [3.8, 4) is 0 Å². The van der Waals surface area contributed by atoms with Gasteiger partial charge in [0.25, 0.3) is 5.56 Å². The fourth-order valence-electron chi connectivity index (χ4n) is 5.28. The van der Waals surface area contributed by atoms with E-state index in [0.29, 0.717) is 35.6 Å². The second-order valence-corrected chi connectivity index (χ2v) is 10.8. The van der Waals surface area contributed by atoms with Crippen LogP contribution in [0.3, 0.4) is 0 Å². The van der Waals surface area contributed by atoms with Gasteiger partial charge in [0.15, 0.2) is 5.69 Å². The van der Waals surface area contributed by atoms with Gasteiger partial charge in [0, 0.05) is 25.7 Å². The van der Waals surface area contributed by atoms with E-state index in [2.05, 4.69) is 15.2 Å². The largest absolute Gasteiger partial charge is 0.476 e. The van der Waals surface area contributed by atoms with Crippen LogP contribution in [0.15, 0.2) is 29.1 Å². The minimum Gasteiger partial charge on any atom is -0.476 e. The molecule has 5 rings (SSSR count). The summed E-state index contributed by atoms with van der Waals surface area (Å²) >= 11 is 5.92. The third-order valence-electron chi connectivity index (χ3n) is 7.17. The first-order valence-corrected chi connectivity index (χ1v) is 13.3. The first-order chi connectivity index (χ1) is 18.5. The van der Waals surface area contributed by atoms with Crippen molar-refractivity contribution >= 4 is 46.2 Å². The Morgan fingerprint density at radius 3 is 2.59 bits per heavy atom. The Hall–Kier alpha value is -3.86. The fraction of sp³-hybridized carbons (Fsp3) is 0.444. The first-order valence-electron chi connectivity index (χ1n) is 12.9. The molecule has 1 saturated heterocycles. The highest BCUT2D eigenvalue weighted by atomic mass is 35.5. The van der Waals surface area contributed by atoms with Gasteiger partial charge in [-0.15, -0.1) is 0 Å². The Kier molecular flexibility index (Phi) is 6.88. The molecule has 1 amide bonds. The molecule has 11 nitrogen and oxygen atoms in total. The predicted octanol–water partition coefficient (Wildman–Crippen LogP) is 3.97. The Bertz CT molecular complexity index is 1540. The summed E-state index contributed by atoms with van der Waals surface area (Å²) in [6, 6.07) is 6.52. The van der Waals surface area contributed by atoms with Crippen LogP contribution in [0, 0.1) is 6.92 Å². The van der Waals surface area contributed by atoms with E-state index < -0.39 is 12.0 Å². The minimum absolute atomic E-state index is 0.0162. The maximum atomic E-state index is 13.6. The van der Waals surface area contributed by atoms with E-state index in [1.165, 1.54) is 6.07 Å². The van der Waals surface area contributed by atoms with Crippen molar-refractivity contribution < 1.29 is 19.4 Å². The molecule has 12 heteroatoms. The van der Waals surface area contributed by atoms with Gasteiger partial charge in [0.1, 0.15) is 5.15 Å². The van der Waals surface area contributed by atoms with Gasteiger partial charge in [-0.05, 0) is 57.9 Å². The summed E-state index contributed by atoms with van der Waals surface area (Å²) in [5.74, 6) is -0.667. The predicted molar refractivity (Wildman–Crippen MR) is 148 cm³/mol. The number of piperazine rings is 1. The third-order valence-corrected chi connectivity index (χ3v) is 7.38. The number of benzene rings is 1. The molecule has 206 valence electrons. The van der Waals surface area contributed by atoms with Crippen LogP contribution < -0.4 is 15.8 Å². The lowest BCUT2D eigenvalue weighted by molar-refractivity contribution is 0.0688. The quantitative estimate of drug-likeness (QED) is 0.435. The van der Waals surface area contributed by atoms with Crippen LogP contribution in [-0.2, 0) is 11.8 Å². The van der Waals surface area contributed by atoms with Crippen LogP contribution in [-0.4, -0.2) is 67.9 Å². The highest BCUT2D eigenvalue weighted by Gasteiger charge is 2.52. The minimum atomic E-state index is -1.20. The molecule has 2 N–H and O–H groups in total. The molecule has 3 aromatic rings. The maximum Gasteiger partial charge on any atom is 0.410 e. The zero-order valence-corrected chi connectivity index (χ0v) is 23.2. The Morgan fingerprint density at radius 1 is 1.15 bits per heavy atom. The van der Waals surface area contributed by atoms with Gasteiger partial charge in [0.2, 0.25) is 5.95 Å². The van der Waals surface area contributed by atoms with Crippen LogP contribution in [0.5, 0.6) is 0 Å². The number of aromatic carboxylic acids is 1. The topological polar surface area (TPSA) is 130 Å². The summed E-state index contributed by atoms with van der Waals surface area (Å²) in [6.45, 7) is 8.43. The van der Waals surface area contributed by atoms with E-state index in [1.54, 1.807) is 22.6 Å². The van der Waals surface area contributed by atoms with E-state index >= 15 is 0 Å². The average Bonchev–Trinajstić information content (AvgIpc) is 3.67. The Morgan fingerprint density at radius 2 is 1.90 bits per heavy atom. The van der Waals surface area contributed by atoms with Gasteiger partial charge < -0.3 is 25.0 Å². The number of aromatic nitrogens is 3. The lowest BCUT2D eigenvalue weighted by Crippen LogP contribution is -2.50. The zero-order chi connectivity index (χ0) is 28.2. The number of rotatable bonds is 6. The Labute approximate surface area is 230 Å². The van der Waals surface area contributed by atoms with Crippen molar-refractivity contribution in [2.75, 3.05) is 23.3 Å². The van der Waals surface area contributed by atoms with E-state index in [-0.39, 0.29) is 40.7 Å². The number of hydrogen-bond acceptors (Lipinski definition) is 8. The number of aryl methyl sites for hydroxylation is 1. The van der Waals surface area contributed by atoms with Crippen LogP contribution >= 0.6 is 11.6 Å². The number of carbonyl (C=O) groups excluding carboxylic acids is 1. The smallest absolute Gasteiger partial charge is 0.410 e. The summed E-state index contributed by atoms with van der Waals surface area (Å²) in [5, 5.41) is 13.4. The molecule has 2 aromatic heterocycles. The number of amides is 1. The molecule has 2 unspecified atom stereocenters. The van der Waals surface area contributed by atoms with Gasteiger partial charge in [0.05, 0.1) is 40.8 Å². The normalized spacial score (nSPS) is 19.2. The molecule has 0 bridgehead atoms. The number of ether oxygens (including phenoxy) is 1. The maximum absolute atomic E-state index is 13.6. The third kappa shape index (κ3) is 4.98. The summed E-state index contributed by atoms with van der Waals surface area (Å²) in [5.41, 5.74) is 2.11. The highest BCUT2D eigenvalue weighted by Crippen LogP contribution is 2.39. The van der Waals surface area contributed by atoms with E-state index in [0.717, 1.165) is 17.5 Å². The van der Waals surface area contributed by atoms with Crippen molar-refractivity contribution in [2.45, 2.75) is 58.3 Å². The summed E-state index contributed by atoms with van der Waals surface area (Å²) in [4.78, 5) is 50.6. The average molecular weight is 555 g/mol. The van der Waals surface area contributed by atoms with Crippen molar-refractivity contribution in [1.82, 2.24) is 19.4 Å². The first kappa shape index (κ1) is 26.7. The van der Waals surface area contributed by atoms with Crippen molar-refractivity contribution in [3.05, 3.63) is 56.6 Å². The molecule has 1 saturated carbocycles. The second kappa shape index (κ2) is 10.0. The van der Waals surface area contributed by atoms with E-state index in [1.807, 2.05) is 39.8 Å². The number of pyridine rings is 1. The van der Waals surface area contributed by atoms with Crippen LogP contribution in [0.2, 0.25) is 5.15 Å². The number of carboxylic acid groups (broad SMARTS) is 1. The summed E-state index contributed by atoms with van der Waals surface area (Å²) in [7, 11) is 1.71. The fourth-order valence-corrected chi connectivity index (χ4v) is 5.43. The van der Waals surface area contributed by atoms with Gasteiger partial charge in [-0.25, -0.2) is 19.6 Å². The number of nitrogens with one attached hydrogen (secondary N) is 1. The van der Waals surface area contributed by atoms with Crippen LogP contribution in [0.25, 0.3) is 10.9 Å². The van der Waals surface area contributed by atoms with Gasteiger partial charge >= 0.3 is 12.1 Å². The SMILES string of the molecule is Cc1cc([C@@H](C)Nc2ccc(Cl)nc2C(=O)O)c2nc(N3CCN(C(=O)OC(C)C)C4CC43)n(C)c(=O)c2c1. The van der Waals surface area contributed by atoms with Gasteiger partial charge in [-0.3, -0.25) is 9.36 Å². The molecule has 1 aromatic carbocycles. The molecular weight excluding hydrogens is 524 g/mol. The van der Waals surface area contributed by atoms with Crippen molar-refractivity contribution in [2.24, 2.45) is 7.05 Å². The lowest BCUT2D eigenvalue weighted by Gasteiger charge is -2.35. The molecule has 39 heavy (non-hydrogen) atoms. The molecule has 0 radical (unpaired) electrons. The monoisotopic (exact) mass is 554 g/mol. The second-order valence-electron chi connectivity index (χ2n) is 10.4. The molecule has 3 heterocycles. The molecule has 1 aliphatic carbocycles. The molecule has 2 fully saturated rings. The lowest BCUT2D eigenvalue weighted by atomic mass is 10.0. The number of carbonyl (C=O) groups is 2. The standard InChI is InChI=1S/C27H31ClN6O5/c1-13(2)39-27(38)34-9-8-33(19-12-20(19)34)26-31-22-16(10-14(3)11-17(22)24(35)32(26)5)15(4)29-18-6-7-21(28)30-23(18)25(36)37/h6-7,10-11,13,15,19-20,29H,8-9,12H2,1-5H3,(H,36,37)/t15-,19?,20?/m1/s1. The number of nitrogens with zero attached hydrogens (tertiary/aromatic N) is 5. The van der Waals surface area contributed by atoms with Gasteiger partial charge in [-0.2, -0.15) is 0 Å². The number of anilines is 2. The molecule has 2 aliphatic rings. The summed E-state index contributed by atoms with van der Waals surface area (Å²) < 4.78 is 6.96. The Balaban J connectivity index is 1.51. The number of fused-ring (bicyclic) bond motifs is 2. The number of hydrogen-bond donors (Lipinski definition) is 2. The van der Waals surface area contributed by atoms with Crippen molar-refractivity contribution in [1.29, 1.82) is 0 Å². The summed E-state index contributed by atoms with van der Waals surface area (Å²) in [6.07, 6.45) is 0.275. The van der Waals surface area contributed by atoms with Gasteiger partial charge in [-0.1, -0.05) is 17.7 Å². The van der Waals surface area contributed by atoms with Crippen LogP contribution in [0.4, 0.5) is 16.4 Å². The number of carboxylic acids is 1. The molecule has 1 aliphatic heterocycles. The molecular formula is C27H31ClN6O5.